The molecule has 0 saturated carbocycles. The van der Waals surface area contributed by atoms with E-state index >= 15 is 0 Å². The fraction of sp³-hybridized carbons (Fsp3) is 0.409. The molecule has 4 heterocycles. The van der Waals surface area contributed by atoms with E-state index in [0.29, 0.717) is 43.4 Å². The van der Waals surface area contributed by atoms with Crippen molar-refractivity contribution in [2.75, 3.05) is 26.8 Å². The number of likely N-dealkylation sites (tertiary alicyclic amines) is 1. The van der Waals surface area contributed by atoms with Crippen LogP contribution < -0.4 is 0 Å². The maximum atomic E-state index is 13.2. The smallest absolute Gasteiger partial charge is 0.259 e. The monoisotopic (exact) mass is 407 g/mol. The summed E-state index contributed by atoms with van der Waals surface area (Å²) in [5.41, 5.74) is 1.82. The highest BCUT2D eigenvalue weighted by atomic mass is 16.5. The van der Waals surface area contributed by atoms with E-state index in [9.17, 15) is 4.79 Å². The zero-order valence-electron chi connectivity index (χ0n) is 17.2. The van der Waals surface area contributed by atoms with Gasteiger partial charge in [-0.2, -0.15) is 4.98 Å². The molecule has 0 aromatic carbocycles. The van der Waals surface area contributed by atoms with E-state index < -0.39 is 5.41 Å². The van der Waals surface area contributed by atoms with E-state index in [1.807, 2.05) is 30.0 Å². The molecule has 0 bridgehead atoms. The number of hydrogen-bond donors (Lipinski definition) is 0. The molecule has 0 spiro atoms. The standard InChI is InChI=1S/C22H25N5O3/c1-16-13-17(6-10-24-16)20(28)27-11-4-7-22(15-27,8-12-29-2)21-25-19(30-26-21)18-5-3-9-23-14-18/h3,5-6,9-10,13-14H,4,7-8,11-12,15H2,1-2H3. The molecule has 8 heteroatoms. The number of aryl methyl sites for hydroxylation is 1. The molecule has 1 unspecified atom stereocenters. The van der Waals surface area contributed by atoms with Crippen LogP contribution in [0.1, 0.15) is 41.1 Å². The van der Waals surface area contributed by atoms with Gasteiger partial charge in [0, 0.05) is 56.7 Å². The lowest BCUT2D eigenvalue weighted by atomic mass is 9.76. The average molecular weight is 407 g/mol. The van der Waals surface area contributed by atoms with Gasteiger partial charge in [0.05, 0.1) is 11.0 Å². The Bertz CT molecular complexity index is 1010. The normalized spacial score (nSPS) is 19.1. The minimum absolute atomic E-state index is 0.00188. The number of pyridine rings is 2. The SMILES string of the molecule is COCCC1(c2noc(-c3cccnc3)n2)CCCN(C(=O)c2ccnc(C)c2)C1. The maximum absolute atomic E-state index is 13.2. The highest BCUT2D eigenvalue weighted by molar-refractivity contribution is 5.94. The second-order valence-electron chi connectivity index (χ2n) is 7.70. The van der Waals surface area contributed by atoms with Crippen LogP contribution in [0.15, 0.2) is 47.4 Å². The second-order valence-corrected chi connectivity index (χ2v) is 7.70. The highest BCUT2D eigenvalue weighted by Gasteiger charge is 2.42. The van der Waals surface area contributed by atoms with E-state index in [1.165, 1.54) is 0 Å². The number of carbonyl (C=O) groups excluding carboxylic acids is 1. The van der Waals surface area contributed by atoms with Gasteiger partial charge in [0.15, 0.2) is 5.82 Å². The van der Waals surface area contributed by atoms with Crippen molar-refractivity contribution in [2.24, 2.45) is 0 Å². The third-order valence-corrected chi connectivity index (χ3v) is 5.60. The minimum Gasteiger partial charge on any atom is -0.385 e. The largest absolute Gasteiger partial charge is 0.385 e. The van der Waals surface area contributed by atoms with Gasteiger partial charge >= 0.3 is 0 Å². The predicted octanol–water partition coefficient (Wildman–Crippen LogP) is 3.05. The van der Waals surface area contributed by atoms with Crippen LogP contribution >= 0.6 is 0 Å². The molecule has 1 amide bonds. The first kappa shape index (κ1) is 20.2. The lowest BCUT2D eigenvalue weighted by Gasteiger charge is -2.41. The maximum Gasteiger partial charge on any atom is 0.259 e. The molecule has 1 aliphatic rings. The Balaban J connectivity index is 1.63. The number of carbonyl (C=O) groups is 1. The lowest BCUT2D eigenvalue weighted by Crippen LogP contribution is -2.49. The van der Waals surface area contributed by atoms with Crippen molar-refractivity contribution >= 4 is 5.91 Å². The summed E-state index contributed by atoms with van der Waals surface area (Å²) in [5, 5.41) is 4.30. The number of ether oxygens (including phenoxy) is 1. The highest BCUT2D eigenvalue weighted by Crippen LogP contribution is 2.37. The molecule has 1 saturated heterocycles. The molecule has 0 aliphatic carbocycles. The summed E-state index contributed by atoms with van der Waals surface area (Å²) >= 11 is 0. The van der Waals surface area contributed by atoms with Crippen LogP contribution in [0.4, 0.5) is 0 Å². The van der Waals surface area contributed by atoms with Crippen LogP contribution in [0.25, 0.3) is 11.5 Å². The molecule has 3 aromatic heterocycles. The Morgan fingerprint density at radius 2 is 2.23 bits per heavy atom. The second kappa shape index (κ2) is 8.71. The van der Waals surface area contributed by atoms with Crippen molar-refractivity contribution < 1.29 is 14.1 Å². The van der Waals surface area contributed by atoms with E-state index in [1.54, 1.807) is 31.8 Å². The molecule has 1 fully saturated rings. The van der Waals surface area contributed by atoms with Gasteiger partial charge in [-0.05, 0) is 50.5 Å². The number of hydrogen-bond acceptors (Lipinski definition) is 7. The number of piperidine rings is 1. The number of rotatable bonds is 6. The van der Waals surface area contributed by atoms with Crippen LogP contribution in [0.5, 0.6) is 0 Å². The lowest BCUT2D eigenvalue weighted by molar-refractivity contribution is 0.0567. The van der Waals surface area contributed by atoms with Gasteiger partial charge in [-0.1, -0.05) is 5.16 Å². The molecular weight excluding hydrogens is 382 g/mol. The summed E-state index contributed by atoms with van der Waals surface area (Å²) in [6, 6.07) is 7.30. The summed E-state index contributed by atoms with van der Waals surface area (Å²) in [6.07, 6.45) is 7.49. The topological polar surface area (TPSA) is 94.2 Å². The van der Waals surface area contributed by atoms with Crippen molar-refractivity contribution in [3.8, 4) is 11.5 Å². The fourth-order valence-electron chi connectivity index (χ4n) is 4.01. The van der Waals surface area contributed by atoms with Gasteiger partial charge in [-0.25, -0.2) is 0 Å². The molecular formula is C22H25N5O3. The van der Waals surface area contributed by atoms with Gasteiger partial charge in [0.1, 0.15) is 0 Å². The molecule has 1 aliphatic heterocycles. The summed E-state index contributed by atoms with van der Waals surface area (Å²) in [7, 11) is 1.68. The van der Waals surface area contributed by atoms with Crippen molar-refractivity contribution in [3.63, 3.8) is 0 Å². The summed E-state index contributed by atoms with van der Waals surface area (Å²) in [4.78, 5) is 28.0. The molecule has 8 nitrogen and oxygen atoms in total. The molecule has 156 valence electrons. The third-order valence-electron chi connectivity index (χ3n) is 5.60. The van der Waals surface area contributed by atoms with Crippen LogP contribution in [0.3, 0.4) is 0 Å². The fourth-order valence-corrected chi connectivity index (χ4v) is 4.01. The predicted molar refractivity (Wildman–Crippen MR) is 110 cm³/mol. The van der Waals surface area contributed by atoms with Gasteiger partial charge < -0.3 is 14.2 Å². The van der Waals surface area contributed by atoms with E-state index in [0.717, 1.165) is 24.1 Å². The first-order chi connectivity index (χ1) is 14.6. The van der Waals surface area contributed by atoms with E-state index in [2.05, 4.69) is 20.1 Å². The first-order valence-corrected chi connectivity index (χ1v) is 10.1. The number of amides is 1. The molecule has 1 atom stereocenters. The quantitative estimate of drug-likeness (QED) is 0.620. The third kappa shape index (κ3) is 4.09. The van der Waals surface area contributed by atoms with Crippen LogP contribution in [0.2, 0.25) is 0 Å². The van der Waals surface area contributed by atoms with Gasteiger partial charge in [-0.3, -0.25) is 14.8 Å². The van der Waals surface area contributed by atoms with Gasteiger partial charge in [0.25, 0.3) is 11.8 Å². The van der Waals surface area contributed by atoms with Crippen LogP contribution in [0, 0.1) is 6.92 Å². The minimum atomic E-state index is -0.421. The molecule has 3 aromatic rings. The Kier molecular flexibility index (Phi) is 5.85. The molecule has 0 radical (unpaired) electrons. The van der Waals surface area contributed by atoms with Crippen molar-refractivity contribution in [3.05, 3.63) is 59.9 Å². The van der Waals surface area contributed by atoms with Gasteiger partial charge in [0.2, 0.25) is 0 Å². The van der Waals surface area contributed by atoms with E-state index in [-0.39, 0.29) is 5.91 Å². The van der Waals surface area contributed by atoms with Crippen molar-refractivity contribution in [2.45, 2.75) is 31.6 Å². The Labute approximate surface area is 175 Å². The number of nitrogens with zero attached hydrogens (tertiary/aromatic N) is 5. The van der Waals surface area contributed by atoms with Crippen molar-refractivity contribution in [1.82, 2.24) is 25.0 Å². The first-order valence-electron chi connectivity index (χ1n) is 10.1. The van der Waals surface area contributed by atoms with Gasteiger partial charge in [-0.15, -0.1) is 0 Å². The Hall–Kier alpha value is -3.13. The molecule has 0 N–H and O–H groups in total. The Morgan fingerprint density at radius 1 is 1.33 bits per heavy atom. The van der Waals surface area contributed by atoms with Crippen LogP contribution in [-0.2, 0) is 10.2 Å². The number of methoxy groups -OCH3 is 1. The Morgan fingerprint density at radius 3 is 3.00 bits per heavy atom. The molecule has 30 heavy (non-hydrogen) atoms. The summed E-state index contributed by atoms with van der Waals surface area (Å²) in [6.45, 7) is 3.65. The zero-order valence-corrected chi connectivity index (χ0v) is 17.2. The number of aromatic nitrogens is 4. The average Bonchev–Trinajstić information content (AvgIpc) is 3.29. The van der Waals surface area contributed by atoms with Crippen molar-refractivity contribution in [1.29, 1.82) is 0 Å². The molecule has 4 rings (SSSR count). The van der Waals surface area contributed by atoms with E-state index in [4.69, 9.17) is 9.26 Å². The summed E-state index contributed by atoms with van der Waals surface area (Å²) < 4.78 is 10.9. The van der Waals surface area contributed by atoms with Crippen LogP contribution in [-0.4, -0.2) is 57.7 Å². The zero-order chi connectivity index (χ0) is 21.0. The summed E-state index contributed by atoms with van der Waals surface area (Å²) in [5.74, 6) is 1.04.